The Hall–Kier alpha value is -1.89. The van der Waals surface area contributed by atoms with Gasteiger partial charge in [-0.3, -0.25) is 19.6 Å². The van der Waals surface area contributed by atoms with Crippen LogP contribution in [-0.4, -0.2) is 36.8 Å². The van der Waals surface area contributed by atoms with Gasteiger partial charge in [0.1, 0.15) is 6.61 Å². The van der Waals surface area contributed by atoms with Gasteiger partial charge >= 0.3 is 11.9 Å². The van der Waals surface area contributed by atoms with Crippen LogP contribution in [0, 0.1) is 5.92 Å². The Bertz CT molecular complexity index is 258. The Balaban J connectivity index is 4.62. The first kappa shape index (κ1) is 13.1. The average molecular weight is 217 g/mol. The van der Waals surface area contributed by atoms with E-state index in [4.69, 9.17) is 5.21 Å². The fraction of sp³-hybridized carbons (Fsp3) is 0.375. The smallest absolute Gasteiger partial charge is 0.330 e. The summed E-state index contributed by atoms with van der Waals surface area (Å²) in [6.07, 6.45) is 1.27. The molecule has 0 heterocycles. The molecule has 2 N–H and O–H groups in total. The molecule has 7 nitrogen and oxygen atoms in total. The van der Waals surface area contributed by atoms with E-state index < -0.39 is 23.8 Å². The number of ether oxygens (including phenoxy) is 2. The average Bonchev–Trinajstić information content (AvgIpc) is 2.25. The van der Waals surface area contributed by atoms with Gasteiger partial charge in [0.2, 0.25) is 5.92 Å². The van der Waals surface area contributed by atoms with Crippen LogP contribution in [0.3, 0.4) is 0 Å². The van der Waals surface area contributed by atoms with E-state index in [0.29, 0.717) is 0 Å². The number of hydroxylamine groups is 1. The monoisotopic (exact) mass is 217 g/mol. The summed E-state index contributed by atoms with van der Waals surface area (Å²) in [6, 6.07) is 0. The Kier molecular flexibility index (Phi) is 5.72. The first-order valence-electron chi connectivity index (χ1n) is 3.87. The van der Waals surface area contributed by atoms with Gasteiger partial charge in [-0.1, -0.05) is 12.7 Å². The topological polar surface area (TPSA) is 102 Å². The van der Waals surface area contributed by atoms with Crippen LogP contribution in [-0.2, 0) is 23.9 Å². The summed E-state index contributed by atoms with van der Waals surface area (Å²) < 4.78 is 8.67. The van der Waals surface area contributed by atoms with Crippen LogP contribution in [0.2, 0.25) is 0 Å². The van der Waals surface area contributed by atoms with Crippen molar-refractivity contribution in [3.8, 4) is 0 Å². The molecule has 0 aliphatic heterocycles. The highest BCUT2D eigenvalue weighted by atomic mass is 16.6. The van der Waals surface area contributed by atoms with Crippen molar-refractivity contribution in [3.05, 3.63) is 12.7 Å². The van der Waals surface area contributed by atoms with Crippen molar-refractivity contribution in [2.75, 3.05) is 13.7 Å². The van der Waals surface area contributed by atoms with Gasteiger partial charge in [-0.15, -0.1) is 0 Å². The van der Waals surface area contributed by atoms with E-state index >= 15 is 0 Å². The fourth-order valence-electron chi connectivity index (χ4n) is 0.717. The van der Waals surface area contributed by atoms with Gasteiger partial charge in [0.25, 0.3) is 5.91 Å². The molecule has 0 rings (SSSR count). The maximum Gasteiger partial charge on any atom is 0.330 e. The van der Waals surface area contributed by atoms with E-state index in [1.807, 2.05) is 0 Å². The van der Waals surface area contributed by atoms with E-state index in [2.05, 4.69) is 16.1 Å². The predicted octanol–water partition coefficient (Wildman–Crippen LogP) is -0.990. The lowest BCUT2D eigenvalue weighted by molar-refractivity contribution is -0.165. The van der Waals surface area contributed by atoms with Crippen LogP contribution in [0.4, 0.5) is 0 Å². The van der Waals surface area contributed by atoms with Crippen molar-refractivity contribution in [3.63, 3.8) is 0 Å². The number of esters is 2. The summed E-state index contributed by atoms with van der Waals surface area (Å²) in [5.74, 6) is -5.28. The van der Waals surface area contributed by atoms with Crippen molar-refractivity contribution in [2.24, 2.45) is 5.92 Å². The number of carbonyl (C=O) groups excluding carboxylic acids is 3. The molecule has 0 saturated heterocycles. The molecule has 1 atom stereocenters. The molecule has 0 spiro atoms. The minimum Gasteiger partial charge on any atom is -0.468 e. The van der Waals surface area contributed by atoms with Gasteiger partial charge in [-0.2, -0.15) is 0 Å². The number of amides is 1. The van der Waals surface area contributed by atoms with Crippen LogP contribution in [0.25, 0.3) is 0 Å². The van der Waals surface area contributed by atoms with E-state index in [1.165, 1.54) is 11.6 Å². The Labute approximate surface area is 85.6 Å². The fourth-order valence-corrected chi connectivity index (χ4v) is 0.717. The number of hydrogen-bond donors (Lipinski definition) is 2. The molecule has 0 aromatic rings. The Morgan fingerprint density at radius 1 is 1.47 bits per heavy atom. The highest BCUT2D eigenvalue weighted by Crippen LogP contribution is 2.03. The minimum absolute atomic E-state index is 0.148. The molecule has 1 amide bonds. The third-order valence-corrected chi connectivity index (χ3v) is 1.39. The van der Waals surface area contributed by atoms with Crippen LogP contribution in [0.15, 0.2) is 12.7 Å². The standard InChI is InChI=1S/C8H11NO6/c1-3-4-15-8(12)5(6(10)9-13)7(11)14-2/h3,5,13H,1,4H2,2H3,(H,9,10). The second-order valence-electron chi connectivity index (χ2n) is 2.35. The molecule has 0 fully saturated rings. The zero-order valence-electron chi connectivity index (χ0n) is 8.06. The first-order valence-corrected chi connectivity index (χ1v) is 3.87. The molecule has 0 aromatic heterocycles. The lowest BCUT2D eigenvalue weighted by Gasteiger charge is -2.10. The zero-order valence-corrected chi connectivity index (χ0v) is 8.06. The lowest BCUT2D eigenvalue weighted by Crippen LogP contribution is -2.40. The summed E-state index contributed by atoms with van der Waals surface area (Å²) in [5, 5.41) is 8.29. The van der Waals surface area contributed by atoms with E-state index in [0.717, 1.165) is 7.11 Å². The van der Waals surface area contributed by atoms with Crippen LogP contribution < -0.4 is 5.48 Å². The summed E-state index contributed by atoms with van der Waals surface area (Å²) in [5.41, 5.74) is 1.17. The van der Waals surface area contributed by atoms with Crippen molar-refractivity contribution in [2.45, 2.75) is 0 Å². The molecular weight excluding hydrogens is 206 g/mol. The molecule has 0 aliphatic carbocycles. The molecule has 1 unspecified atom stereocenters. The largest absolute Gasteiger partial charge is 0.468 e. The van der Waals surface area contributed by atoms with Crippen molar-refractivity contribution in [1.82, 2.24) is 5.48 Å². The minimum atomic E-state index is -1.83. The van der Waals surface area contributed by atoms with Gasteiger partial charge in [-0.25, -0.2) is 5.48 Å². The number of methoxy groups -OCH3 is 1. The highest BCUT2D eigenvalue weighted by Gasteiger charge is 2.36. The first-order chi connectivity index (χ1) is 7.08. The van der Waals surface area contributed by atoms with Gasteiger partial charge < -0.3 is 9.47 Å². The maximum absolute atomic E-state index is 11.2. The van der Waals surface area contributed by atoms with Gasteiger partial charge in [0.15, 0.2) is 0 Å². The van der Waals surface area contributed by atoms with Crippen molar-refractivity contribution in [1.29, 1.82) is 0 Å². The molecule has 7 heteroatoms. The second-order valence-corrected chi connectivity index (χ2v) is 2.35. The summed E-state index contributed by atoms with van der Waals surface area (Å²) in [4.78, 5) is 33.1. The third-order valence-electron chi connectivity index (χ3n) is 1.39. The quantitative estimate of drug-likeness (QED) is 0.201. The van der Waals surface area contributed by atoms with Crippen molar-refractivity contribution < 1.29 is 29.1 Å². The molecule has 0 radical (unpaired) electrons. The molecular formula is C8H11NO6. The highest BCUT2D eigenvalue weighted by molar-refractivity contribution is 6.13. The van der Waals surface area contributed by atoms with Gasteiger partial charge in [0, 0.05) is 0 Å². The summed E-state index contributed by atoms with van der Waals surface area (Å²) in [6.45, 7) is 3.13. The number of carbonyl (C=O) groups is 3. The molecule has 15 heavy (non-hydrogen) atoms. The lowest BCUT2D eigenvalue weighted by atomic mass is 10.1. The Morgan fingerprint density at radius 2 is 2.07 bits per heavy atom. The van der Waals surface area contributed by atoms with Crippen LogP contribution in [0.1, 0.15) is 0 Å². The van der Waals surface area contributed by atoms with Gasteiger partial charge in [0.05, 0.1) is 7.11 Å². The summed E-state index contributed by atoms with van der Waals surface area (Å²) >= 11 is 0. The molecule has 0 bridgehead atoms. The van der Waals surface area contributed by atoms with Crippen LogP contribution in [0.5, 0.6) is 0 Å². The Morgan fingerprint density at radius 3 is 2.47 bits per heavy atom. The number of hydrogen-bond acceptors (Lipinski definition) is 6. The van der Waals surface area contributed by atoms with E-state index in [-0.39, 0.29) is 6.61 Å². The summed E-state index contributed by atoms with van der Waals surface area (Å²) in [7, 11) is 1.00. The van der Waals surface area contributed by atoms with Crippen LogP contribution >= 0.6 is 0 Å². The SMILES string of the molecule is C=CCOC(=O)C(C(=O)NO)C(=O)OC. The number of nitrogens with one attached hydrogen (secondary N) is 1. The normalized spacial score (nSPS) is 11.1. The zero-order chi connectivity index (χ0) is 11.8. The van der Waals surface area contributed by atoms with E-state index in [9.17, 15) is 14.4 Å². The molecule has 0 saturated carbocycles. The van der Waals surface area contributed by atoms with E-state index in [1.54, 1.807) is 0 Å². The molecule has 84 valence electrons. The maximum atomic E-state index is 11.2. The molecule has 0 aliphatic rings. The second kappa shape index (κ2) is 6.55. The van der Waals surface area contributed by atoms with Crippen molar-refractivity contribution >= 4 is 17.8 Å². The van der Waals surface area contributed by atoms with Gasteiger partial charge in [-0.05, 0) is 0 Å². The predicted molar refractivity (Wildman–Crippen MR) is 46.6 cm³/mol. The molecule has 0 aromatic carbocycles. The third kappa shape index (κ3) is 3.77. The number of rotatable bonds is 5.